The SMILES string of the molecule is NC(=O)c1cc2c([nH]c1=O)CCC[C@H]2NC(=O)c1ccccc1C(=O)c1ccc(Br)cc1. The van der Waals surface area contributed by atoms with E-state index >= 15 is 0 Å². The Kier molecular flexibility index (Phi) is 6.05. The number of H-pyrrole nitrogens is 1. The van der Waals surface area contributed by atoms with Crippen LogP contribution in [0, 0.1) is 0 Å². The monoisotopic (exact) mass is 493 g/mol. The lowest BCUT2D eigenvalue weighted by atomic mass is 9.89. The molecule has 1 heterocycles. The normalized spacial score (nSPS) is 15.0. The van der Waals surface area contributed by atoms with E-state index in [-0.39, 0.29) is 16.9 Å². The number of pyridine rings is 1. The first-order valence-electron chi connectivity index (χ1n) is 10.1. The summed E-state index contributed by atoms with van der Waals surface area (Å²) in [5.74, 6) is -1.49. The molecule has 4 rings (SSSR count). The van der Waals surface area contributed by atoms with E-state index in [1.165, 1.54) is 6.07 Å². The molecular weight excluding hydrogens is 474 g/mol. The van der Waals surface area contributed by atoms with Crippen LogP contribution in [0.25, 0.3) is 0 Å². The van der Waals surface area contributed by atoms with Crippen LogP contribution in [0.3, 0.4) is 0 Å². The van der Waals surface area contributed by atoms with E-state index < -0.39 is 23.4 Å². The number of aromatic amines is 1. The molecule has 0 unspecified atom stereocenters. The van der Waals surface area contributed by atoms with Gasteiger partial charge in [-0.2, -0.15) is 0 Å². The van der Waals surface area contributed by atoms with Crippen molar-refractivity contribution < 1.29 is 14.4 Å². The summed E-state index contributed by atoms with van der Waals surface area (Å²) in [6, 6.07) is 14.6. The number of ketones is 1. The van der Waals surface area contributed by atoms with Crippen LogP contribution in [0.4, 0.5) is 0 Å². The van der Waals surface area contributed by atoms with Gasteiger partial charge in [0.2, 0.25) is 0 Å². The molecule has 32 heavy (non-hydrogen) atoms. The van der Waals surface area contributed by atoms with Gasteiger partial charge in [-0.15, -0.1) is 0 Å². The highest BCUT2D eigenvalue weighted by Gasteiger charge is 2.26. The van der Waals surface area contributed by atoms with Crippen LogP contribution in [0.15, 0.2) is 63.9 Å². The van der Waals surface area contributed by atoms with Gasteiger partial charge in [0.1, 0.15) is 5.56 Å². The Bertz CT molecular complexity index is 1280. The van der Waals surface area contributed by atoms with E-state index in [9.17, 15) is 19.2 Å². The number of fused-ring (bicyclic) bond motifs is 1. The van der Waals surface area contributed by atoms with Crippen LogP contribution >= 0.6 is 15.9 Å². The fourth-order valence-electron chi connectivity index (χ4n) is 3.95. The fraction of sp³-hybridized carbons (Fsp3) is 0.167. The number of carbonyl (C=O) groups is 3. The molecule has 8 heteroatoms. The molecule has 0 saturated heterocycles. The van der Waals surface area contributed by atoms with Crippen molar-refractivity contribution in [3.05, 3.63) is 103 Å². The third kappa shape index (κ3) is 4.27. The number of aryl methyl sites for hydroxylation is 1. The van der Waals surface area contributed by atoms with Gasteiger partial charge in [-0.3, -0.25) is 19.2 Å². The second kappa shape index (κ2) is 8.92. The number of rotatable bonds is 5. The summed E-state index contributed by atoms with van der Waals surface area (Å²) in [6.07, 6.45) is 2.02. The first-order chi connectivity index (χ1) is 15.3. The van der Waals surface area contributed by atoms with Crippen molar-refractivity contribution >= 4 is 33.5 Å². The lowest BCUT2D eigenvalue weighted by Gasteiger charge is -2.26. The summed E-state index contributed by atoms with van der Waals surface area (Å²) in [4.78, 5) is 52.6. The van der Waals surface area contributed by atoms with Gasteiger partial charge in [0, 0.05) is 21.3 Å². The molecule has 1 atom stereocenters. The largest absolute Gasteiger partial charge is 0.365 e. The molecule has 2 amide bonds. The predicted octanol–water partition coefficient (Wildman–Crippen LogP) is 3.27. The van der Waals surface area contributed by atoms with Crippen molar-refractivity contribution in [3.63, 3.8) is 0 Å². The first kappa shape index (κ1) is 21.7. The highest BCUT2D eigenvalue weighted by molar-refractivity contribution is 9.10. The first-order valence-corrected chi connectivity index (χ1v) is 10.9. The van der Waals surface area contributed by atoms with E-state index in [2.05, 4.69) is 26.2 Å². The lowest BCUT2D eigenvalue weighted by molar-refractivity contribution is 0.0923. The maximum atomic E-state index is 13.2. The van der Waals surface area contributed by atoms with Crippen LogP contribution in [0.1, 0.15) is 66.8 Å². The van der Waals surface area contributed by atoms with E-state index in [1.807, 2.05) is 0 Å². The molecule has 1 aliphatic carbocycles. The van der Waals surface area contributed by atoms with Gasteiger partial charge in [0.05, 0.1) is 11.6 Å². The maximum Gasteiger partial charge on any atom is 0.261 e. The van der Waals surface area contributed by atoms with Gasteiger partial charge >= 0.3 is 0 Å². The molecule has 0 radical (unpaired) electrons. The van der Waals surface area contributed by atoms with Crippen molar-refractivity contribution in [2.24, 2.45) is 5.73 Å². The Labute approximate surface area is 192 Å². The molecular formula is C24H20BrN3O4. The van der Waals surface area contributed by atoms with Crippen LogP contribution in [-0.2, 0) is 6.42 Å². The van der Waals surface area contributed by atoms with Crippen LogP contribution in [-0.4, -0.2) is 22.6 Å². The molecule has 162 valence electrons. The third-order valence-electron chi connectivity index (χ3n) is 5.55. The minimum atomic E-state index is -0.824. The van der Waals surface area contributed by atoms with E-state index in [4.69, 9.17) is 5.73 Å². The molecule has 1 aromatic heterocycles. The van der Waals surface area contributed by atoms with E-state index in [0.29, 0.717) is 35.2 Å². The number of benzene rings is 2. The van der Waals surface area contributed by atoms with Gasteiger partial charge < -0.3 is 16.0 Å². The number of nitrogens with one attached hydrogen (secondary N) is 2. The third-order valence-corrected chi connectivity index (χ3v) is 6.07. The summed E-state index contributed by atoms with van der Waals surface area (Å²) in [6.45, 7) is 0. The fourth-order valence-corrected chi connectivity index (χ4v) is 4.21. The smallest absolute Gasteiger partial charge is 0.261 e. The number of carbonyl (C=O) groups excluding carboxylic acids is 3. The number of hydrogen-bond donors (Lipinski definition) is 3. The summed E-state index contributed by atoms with van der Waals surface area (Å²) in [7, 11) is 0. The molecule has 0 bridgehead atoms. The van der Waals surface area contributed by atoms with Crippen molar-refractivity contribution in [2.45, 2.75) is 25.3 Å². The highest BCUT2D eigenvalue weighted by atomic mass is 79.9. The topological polar surface area (TPSA) is 122 Å². The van der Waals surface area contributed by atoms with Gasteiger partial charge in [-0.25, -0.2) is 0 Å². The van der Waals surface area contributed by atoms with Gasteiger partial charge in [0.15, 0.2) is 5.78 Å². The number of halogens is 1. The second-order valence-electron chi connectivity index (χ2n) is 7.61. The quantitative estimate of drug-likeness (QED) is 0.472. The Balaban J connectivity index is 1.65. The Morgan fingerprint density at radius 1 is 1.00 bits per heavy atom. The molecule has 1 aliphatic rings. The molecule has 0 fully saturated rings. The lowest BCUT2D eigenvalue weighted by Crippen LogP contribution is -2.34. The summed E-state index contributed by atoms with van der Waals surface area (Å²) in [5.41, 5.74) is 7.00. The number of amides is 2. The number of nitrogens with two attached hydrogens (primary N) is 1. The highest BCUT2D eigenvalue weighted by Crippen LogP contribution is 2.29. The van der Waals surface area contributed by atoms with Crippen LogP contribution in [0.2, 0.25) is 0 Å². The molecule has 0 aliphatic heterocycles. The molecule has 2 aromatic carbocycles. The standard InChI is InChI=1S/C24H20BrN3O4/c25-14-10-8-13(9-11-14)21(29)15-4-1-2-5-16(15)23(31)27-19-6-3-7-20-17(19)12-18(22(26)30)24(32)28-20/h1-2,4-5,8-12,19H,3,6-7H2,(H2,26,30)(H,27,31)(H,28,32)/t19-/m1/s1. The minimum Gasteiger partial charge on any atom is -0.365 e. The summed E-state index contributed by atoms with van der Waals surface area (Å²) >= 11 is 3.35. The van der Waals surface area contributed by atoms with E-state index in [0.717, 1.165) is 10.9 Å². The van der Waals surface area contributed by atoms with Crippen LogP contribution < -0.4 is 16.6 Å². The molecule has 7 nitrogen and oxygen atoms in total. The number of primary amides is 1. The molecule has 3 aromatic rings. The predicted molar refractivity (Wildman–Crippen MR) is 123 cm³/mol. The molecule has 0 spiro atoms. The van der Waals surface area contributed by atoms with Gasteiger partial charge in [-0.05, 0) is 61.2 Å². The van der Waals surface area contributed by atoms with Crippen LogP contribution in [0.5, 0.6) is 0 Å². The summed E-state index contributed by atoms with van der Waals surface area (Å²) < 4.78 is 0.851. The number of hydrogen-bond acceptors (Lipinski definition) is 4. The molecule has 0 saturated carbocycles. The summed E-state index contributed by atoms with van der Waals surface area (Å²) in [5, 5.41) is 2.96. The Morgan fingerprint density at radius 2 is 1.69 bits per heavy atom. The number of aromatic nitrogens is 1. The van der Waals surface area contributed by atoms with Gasteiger partial charge in [0.25, 0.3) is 17.4 Å². The van der Waals surface area contributed by atoms with Crippen molar-refractivity contribution in [2.75, 3.05) is 0 Å². The molecule has 4 N–H and O–H groups in total. The Morgan fingerprint density at radius 3 is 2.38 bits per heavy atom. The second-order valence-corrected chi connectivity index (χ2v) is 8.53. The maximum absolute atomic E-state index is 13.2. The van der Waals surface area contributed by atoms with E-state index in [1.54, 1.807) is 48.5 Å². The average Bonchev–Trinajstić information content (AvgIpc) is 2.78. The minimum absolute atomic E-state index is 0.143. The zero-order valence-corrected chi connectivity index (χ0v) is 18.6. The zero-order chi connectivity index (χ0) is 22.8. The zero-order valence-electron chi connectivity index (χ0n) is 17.0. The van der Waals surface area contributed by atoms with Gasteiger partial charge in [-0.1, -0.05) is 34.1 Å². The van der Waals surface area contributed by atoms with Crippen molar-refractivity contribution in [1.82, 2.24) is 10.3 Å². The van der Waals surface area contributed by atoms with Crippen molar-refractivity contribution in [1.29, 1.82) is 0 Å². The average molecular weight is 494 g/mol. The Hall–Kier alpha value is -3.52. The van der Waals surface area contributed by atoms with Crippen molar-refractivity contribution in [3.8, 4) is 0 Å².